The number of Topliss-reactive ketones (excluding diaryl/α,β-unsaturated/α-hetero) is 1. The number of aromatic hydroxyl groups is 1. The molecule has 0 aromatic heterocycles. The number of nitrogens with zero attached hydrogens (tertiary/aromatic N) is 2. The molecule has 1 aliphatic rings. The van der Waals surface area contributed by atoms with Crippen molar-refractivity contribution in [3.8, 4) is 5.75 Å². The molecule has 2 aromatic rings. The molecule has 1 aliphatic heterocycles. The number of ketones is 1. The van der Waals surface area contributed by atoms with Crippen LogP contribution in [0.15, 0.2) is 47.5 Å². The van der Waals surface area contributed by atoms with Gasteiger partial charge < -0.3 is 14.7 Å². The number of aliphatic imine (C=N–C) groups is 1. The van der Waals surface area contributed by atoms with Crippen LogP contribution in [0.3, 0.4) is 0 Å². The zero-order chi connectivity index (χ0) is 31.6. The Morgan fingerprint density at radius 2 is 1.52 bits per heavy atom. The van der Waals surface area contributed by atoms with Crippen LogP contribution in [0.2, 0.25) is 0 Å². The first kappa shape index (κ1) is 32.8. The molecule has 1 amide bonds. The Balaban J connectivity index is 2.14. The zero-order valence-electron chi connectivity index (χ0n) is 25.1. The Morgan fingerprint density at radius 3 is 2.00 bits per heavy atom. The Bertz CT molecular complexity index is 1320. The van der Waals surface area contributed by atoms with Gasteiger partial charge in [0.15, 0.2) is 5.78 Å². The Labute approximate surface area is 244 Å². The maximum absolute atomic E-state index is 13.9. The zero-order valence-corrected chi connectivity index (χ0v) is 25.1. The van der Waals surface area contributed by atoms with Crippen LogP contribution in [0, 0.1) is 5.92 Å². The van der Waals surface area contributed by atoms with Crippen LogP contribution in [0.1, 0.15) is 81.9 Å². The highest BCUT2D eigenvalue weighted by Crippen LogP contribution is 2.40. The van der Waals surface area contributed by atoms with Crippen molar-refractivity contribution in [3.05, 3.63) is 64.7 Å². The van der Waals surface area contributed by atoms with Crippen molar-refractivity contribution in [1.82, 2.24) is 4.90 Å². The lowest BCUT2D eigenvalue weighted by atomic mass is 9.78. The number of carbonyl (C=O) groups is 3. The predicted octanol–water partition coefficient (Wildman–Crippen LogP) is 6.15. The van der Waals surface area contributed by atoms with Crippen LogP contribution in [-0.4, -0.2) is 58.9 Å². The van der Waals surface area contributed by atoms with Gasteiger partial charge in [0.2, 0.25) is 0 Å². The van der Waals surface area contributed by atoms with E-state index in [1.165, 1.54) is 4.90 Å². The molecule has 0 unspecified atom stereocenters. The average molecular weight is 589 g/mol. The summed E-state index contributed by atoms with van der Waals surface area (Å²) in [5, 5.41) is 11.1. The van der Waals surface area contributed by atoms with Crippen LogP contribution in [-0.2, 0) is 31.6 Å². The topological polar surface area (TPSA) is 96.3 Å². The minimum absolute atomic E-state index is 0.0149. The van der Waals surface area contributed by atoms with Gasteiger partial charge in [0, 0.05) is 22.6 Å². The SMILES string of the molecule is CCOC(=O)[C@@H]1C[C@H](Cc2ccccc2)/C(=N/C(=O)C(F)(F)F)N1CC(=O)c1cc(C(C)(C)C)c(O)c(C(C)(C)C)c1. The molecule has 0 bridgehead atoms. The molecule has 10 heteroatoms. The highest BCUT2D eigenvalue weighted by molar-refractivity contribution is 6.05. The summed E-state index contributed by atoms with van der Waals surface area (Å²) in [7, 11) is 0. The molecular formula is C32H39F3N2O5. The van der Waals surface area contributed by atoms with Gasteiger partial charge >= 0.3 is 18.1 Å². The molecule has 7 nitrogen and oxygen atoms in total. The van der Waals surface area contributed by atoms with Crippen LogP contribution < -0.4 is 0 Å². The van der Waals surface area contributed by atoms with E-state index in [1.807, 2.05) is 41.5 Å². The third-order valence-corrected chi connectivity index (χ3v) is 7.25. The molecular weight excluding hydrogens is 549 g/mol. The quantitative estimate of drug-likeness (QED) is 0.308. The first-order valence-electron chi connectivity index (χ1n) is 13.9. The number of halogens is 3. The molecule has 1 saturated heterocycles. The second-order valence-electron chi connectivity index (χ2n) is 12.6. The number of carbonyl (C=O) groups excluding carboxylic acids is 3. The number of amidine groups is 1. The molecule has 3 rings (SSSR count). The van der Waals surface area contributed by atoms with E-state index in [0.29, 0.717) is 11.1 Å². The van der Waals surface area contributed by atoms with Crippen LogP contribution in [0.4, 0.5) is 13.2 Å². The van der Waals surface area contributed by atoms with Crippen molar-refractivity contribution in [2.24, 2.45) is 10.9 Å². The molecule has 2 atom stereocenters. The summed E-state index contributed by atoms with van der Waals surface area (Å²) in [6, 6.07) is 10.9. The normalized spacial score (nSPS) is 18.8. The lowest BCUT2D eigenvalue weighted by molar-refractivity contribution is -0.169. The minimum atomic E-state index is -5.23. The Morgan fingerprint density at radius 1 is 0.976 bits per heavy atom. The maximum Gasteiger partial charge on any atom is 0.473 e. The molecule has 1 fully saturated rings. The number of esters is 1. The summed E-state index contributed by atoms with van der Waals surface area (Å²) in [4.78, 5) is 43.6. The van der Waals surface area contributed by atoms with E-state index >= 15 is 0 Å². The van der Waals surface area contributed by atoms with E-state index in [0.717, 1.165) is 5.56 Å². The van der Waals surface area contributed by atoms with Gasteiger partial charge in [-0.15, -0.1) is 0 Å². The first-order valence-corrected chi connectivity index (χ1v) is 13.9. The van der Waals surface area contributed by atoms with E-state index in [1.54, 1.807) is 49.4 Å². The fraction of sp³-hybridized carbons (Fsp3) is 0.500. The molecule has 0 aliphatic carbocycles. The standard InChI is InChI=1S/C32H39F3N2O5/c1-8-42-28(40)24-17-21(14-19-12-10-9-11-13-19)27(36-29(41)32(33,34)35)37(24)18-25(38)20-15-22(30(2,3)4)26(39)23(16-20)31(5,6)7/h9-13,15-16,21,24,39H,8,14,17-18H2,1-7H3/b36-27-/t21-,24-/m0/s1. The summed E-state index contributed by atoms with van der Waals surface area (Å²) >= 11 is 0. The van der Waals surface area contributed by atoms with Gasteiger partial charge in [-0.3, -0.25) is 9.59 Å². The van der Waals surface area contributed by atoms with Crippen molar-refractivity contribution >= 4 is 23.5 Å². The number of hydrogen-bond acceptors (Lipinski definition) is 5. The van der Waals surface area contributed by atoms with Crippen molar-refractivity contribution in [1.29, 1.82) is 0 Å². The summed E-state index contributed by atoms with van der Waals surface area (Å²) in [6.45, 7) is 12.5. The molecule has 0 saturated carbocycles. The number of likely N-dealkylation sites (tertiary alicyclic amines) is 1. The molecule has 42 heavy (non-hydrogen) atoms. The monoisotopic (exact) mass is 588 g/mol. The smallest absolute Gasteiger partial charge is 0.473 e. The van der Waals surface area contributed by atoms with E-state index in [2.05, 4.69) is 4.99 Å². The summed E-state index contributed by atoms with van der Waals surface area (Å²) in [5.74, 6) is -4.50. The highest BCUT2D eigenvalue weighted by Gasteiger charge is 2.46. The van der Waals surface area contributed by atoms with Crippen molar-refractivity contribution in [3.63, 3.8) is 0 Å². The van der Waals surface area contributed by atoms with Crippen molar-refractivity contribution in [2.45, 2.75) is 84.4 Å². The first-order chi connectivity index (χ1) is 19.3. The third kappa shape index (κ3) is 7.57. The van der Waals surface area contributed by atoms with E-state index < -0.39 is 53.2 Å². The number of rotatable bonds is 7. The second kappa shape index (κ2) is 12.3. The van der Waals surface area contributed by atoms with Crippen molar-refractivity contribution in [2.75, 3.05) is 13.2 Å². The number of ether oxygens (including phenoxy) is 1. The summed E-state index contributed by atoms with van der Waals surface area (Å²) in [5.41, 5.74) is 0.989. The summed E-state index contributed by atoms with van der Waals surface area (Å²) in [6.07, 6.45) is -5.02. The predicted molar refractivity (Wildman–Crippen MR) is 154 cm³/mol. The number of benzene rings is 2. The molecule has 228 valence electrons. The van der Waals surface area contributed by atoms with Gasteiger partial charge in [0.1, 0.15) is 17.6 Å². The van der Waals surface area contributed by atoms with Crippen LogP contribution in [0.25, 0.3) is 0 Å². The number of hydrogen-bond donors (Lipinski definition) is 1. The van der Waals surface area contributed by atoms with Gasteiger partial charge in [-0.1, -0.05) is 71.9 Å². The van der Waals surface area contributed by atoms with E-state index in [4.69, 9.17) is 4.74 Å². The largest absolute Gasteiger partial charge is 0.507 e. The number of alkyl halides is 3. The van der Waals surface area contributed by atoms with Crippen LogP contribution >= 0.6 is 0 Å². The molecule has 1 N–H and O–H groups in total. The third-order valence-electron chi connectivity index (χ3n) is 7.25. The second-order valence-corrected chi connectivity index (χ2v) is 12.6. The number of amides is 1. The lowest BCUT2D eigenvalue weighted by Gasteiger charge is -2.29. The fourth-order valence-electron chi connectivity index (χ4n) is 5.13. The summed E-state index contributed by atoms with van der Waals surface area (Å²) < 4.78 is 45.4. The van der Waals surface area contributed by atoms with Crippen molar-refractivity contribution < 1.29 is 37.4 Å². The van der Waals surface area contributed by atoms with Gasteiger partial charge in [-0.05, 0) is 48.3 Å². The number of phenols is 1. The average Bonchev–Trinajstić information content (AvgIpc) is 3.19. The molecule has 0 spiro atoms. The van der Waals surface area contributed by atoms with E-state index in [-0.39, 0.29) is 36.6 Å². The van der Waals surface area contributed by atoms with Gasteiger partial charge in [0.05, 0.1) is 13.2 Å². The molecule has 0 radical (unpaired) electrons. The minimum Gasteiger partial charge on any atom is -0.507 e. The van der Waals surface area contributed by atoms with E-state index in [9.17, 15) is 32.7 Å². The van der Waals surface area contributed by atoms with Crippen LogP contribution in [0.5, 0.6) is 5.75 Å². The van der Waals surface area contributed by atoms with Gasteiger partial charge in [-0.25, -0.2) is 4.79 Å². The Kier molecular flexibility index (Phi) is 9.59. The maximum atomic E-state index is 13.9. The van der Waals surface area contributed by atoms with Gasteiger partial charge in [0.25, 0.3) is 0 Å². The molecule has 1 heterocycles. The molecule has 2 aromatic carbocycles. The lowest BCUT2D eigenvalue weighted by Crippen LogP contribution is -2.44. The highest BCUT2D eigenvalue weighted by atomic mass is 19.4. The fourth-order valence-corrected chi connectivity index (χ4v) is 5.13. The number of phenolic OH excluding ortho intramolecular Hbond substituents is 1. The Hall–Kier alpha value is -3.69. The van der Waals surface area contributed by atoms with Gasteiger partial charge in [-0.2, -0.15) is 18.2 Å².